The highest BCUT2D eigenvalue weighted by Crippen LogP contribution is 2.26. The number of phenolic OH excluding ortho intramolecular Hbond substituents is 2. The van der Waals surface area contributed by atoms with Crippen molar-refractivity contribution in [3.8, 4) is 11.5 Å². The highest BCUT2D eigenvalue weighted by molar-refractivity contribution is 5.81. The molecule has 0 unspecified atom stereocenters. The first-order chi connectivity index (χ1) is 15.9. The fourth-order valence-electron chi connectivity index (χ4n) is 4.47. The lowest BCUT2D eigenvalue weighted by Crippen LogP contribution is -2.36. The third-order valence-electron chi connectivity index (χ3n) is 6.16. The van der Waals surface area contributed by atoms with Gasteiger partial charge in [-0.05, 0) is 76.1 Å². The minimum Gasteiger partial charge on any atom is -0.507 e. The minimum absolute atomic E-state index is 0.0611. The Morgan fingerprint density at radius 1 is 0.758 bits per heavy atom. The van der Waals surface area contributed by atoms with E-state index in [4.69, 9.17) is 0 Å². The van der Waals surface area contributed by atoms with E-state index in [1.165, 1.54) is 0 Å². The Hall–Kier alpha value is -2.74. The van der Waals surface area contributed by atoms with Gasteiger partial charge in [-0.15, -0.1) is 0 Å². The van der Waals surface area contributed by atoms with Crippen LogP contribution in [-0.4, -0.2) is 71.9 Å². The van der Waals surface area contributed by atoms with Crippen LogP contribution in [0, 0.1) is 13.8 Å². The molecule has 7 heteroatoms. The average Bonchev–Trinajstić information content (AvgIpc) is 2.84. The van der Waals surface area contributed by atoms with Crippen LogP contribution in [0.4, 0.5) is 0 Å². The van der Waals surface area contributed by atoms with Gasteiger partial charge >= 0.3 is 0 Å². The number of aldehydes is 2. The summed E-state index contributed by atoms with van der Waals surface area (Å²) in [5, 5.41) is 24.5. The predicted octanol–water partition coefficient (Wildman–Crippen LogP) is 3.03. The molecule has 0 spiro atoms. The van der Waals surface area contributed by atoms with E-state index >= 15 is 0 Å². The fraction of sp³-hybridized carbons (Fsp3) is 0.462. The maximum Gasteiger partial charge on any atom is 0.153 e. The van der Waals surface area contributed by atoms with Crippen LogP contribution in [0.2, 0.25) is 0 Å². The second-order valence-electron chi connectivity index (χ2n) is 8.97. The van der Waals surface area contributed by atoms with E-state index in [1.807, 2.05) is 26.0 Å². The summed E-state index contributed by atoms with van der Waals surface area (Å²) in [7, 11) is 0. The summed E-state index contributed by atoms with van der Waals surface area (Å²) in [6.45, 7) is 10.2. The molecule has 178 valence electrons. The molecule has 0 bridgehead atoms. The molecular formula is C26H35N3O4. The first kappa shape index (κ1) is 24.9. The highest BCUT2D eigenvalue weighted by Gasteiger charge is 2.17. The zero-order chi connectivity index (χ0) is 23.8. The number of carbonyl (C=O) groups excluding carboxylic acids is 2. The zero-order valence-electron chi connectivity index (χ0n) is 19.6. The van der Waals surface area contributed by atoms with Gasteiger partial charge in [-0.3, -0.25) is 19.4 Å². The van der Waals surface area contributed by atoms with Crippen LogP contribution in [0.5, 0.6) is 11.5 Å². The molecule has 0 amide bonds. The number of aromatic hydroxyl groups is 2. The summed E-state index contributed by atoms with van der Waals surface area (Å²) in [5.41, 5.74) is 4.08. The monoisotopic (exact) mass is 453 g/mol. The van der Waals surface area contributed by atoms with Gasteiger partial charge in [-0.1, -0.05) is 12.1 Å². The standard InChI is InChI=1S/C26H35N3O4/c1-19-11-21(25(32)23(13-19)17-30)15-28-7-3-5-27-6-4-8-29(10-9-28)16-22-12-20(2)14-24(18-31)26(22)33/h11-14,17-18,27,32-33H,3-10,15-16H2,1-2H3. The van der Waals surface area contributed by atoms with Crippen molar-refractivity contribution in [2.24, 2.45) is 0 Å². The third-order valence-corrected chi connectivity index (χ3v) is 6.16. The van der Waals surface area contributed by atoms with Gasteiger partial charge in [-0.25, -0.2) is 0 Å². The molecule has 1 saturated heterocycles. The largest absolute Gasteiger partial charge is 0.507 e. The number of rotatable bonds is 6. The molecule has 0 radical (unpaired) electrons. The van der Waals surface area contributed by atoms with Crippen LogP contribution in [0.15, 0.2) is 24.3 Å². The lowest BCUT2D eigenvalue weighted by molar-refractivity contribution is 0.111. The Bertz CT molecular complexity index is 899. The van der Waals surface area contributed by atoms with Crippen molar-refractivity contribution in [1.82, 2.24) is 15.1 Å². The van der Waals surface area contributed by atoms with Crippen molar-refractivity contribution < 1.29 is 19.8 Å². The zero-order valence-corrected chi connectivity index (χ0v) is 19.6. The number of phenols is 2. The van der Waals surface area contributed by atoms with Crippen molar-refractivity contribution in [1.29, 1.82) is 0 Å². The Morgan fingerprint density at radius 3 is 1.58 bits per heavy atom. The molecule has 33 heavy (non-hydrogen) atoms. The van der Waals surface area contributed by atoms with Gasteiger partial charge < -0.3 is 15.5 Å². The van der Waals surface area contributed by atoms with E-state index < -0.39 is 0 Å². The average molecular weight is 454 g/mol. The minimum atomic E-state index is 0.0611. The summed E-state index contributed by atoms with van der Waals surface area (Å²) in [4.78, 5) is 27.3. The van der Waals surface area contributed by atoms with E-state index in [2.05, 4.69) is 15.1 Å². The van der Waals surface area contributed by atoms with Gasteiger partial charge in [0.15, 0.2) is 12.6 Å². The van der Waals surface area contributed by atoms with Crippen molar-refractivity contribution in [2.75, 3.05) is 39.3 Å². The molecule has 1 heterocycles. The quantitative estimate of drug-likeness (QED) is 0.579. The first-order valence-electron chi connectivity index (χ1n) is 11.6. The molecule has 3 rings (SSSR count). The number of hydrogen-bond acceptors (Lipinski definition) is 7. The summed E-state index contributed by atoms with van der Waals surface area (Å²) in [6.07, 6.45) is 3.39. The van der Waals surface area contributed by atoms with Crippen LogP contribution in [0.3, 0.4) is 0 Å². The van der Waals surface area contributed by atoms with Crippen LogP contribution in [-0.2, 0) is 13.1 Å². The van der Waals surface area contributed by atoms with Crippen LogP contribution < -0.4 is 5.32 Å². The lowest BCUT2D eigenvalue weighted by atomic mass is 10.0. The van der Waals surface area contributed by atoms with Crippen LogP contribution in [0.25, 0.3) is 0 Å². The SMILES string of the molecule is Cc1cc(C=O)c(O)c(CN2CCCNCCCN(Cc3cc(C)cc(C=O)c3O)CC2)c1. The third kappa shape index (κ3) is 6.87. The number of hydrogen-bond donors (Lipinski definition) is 3. The van der Waals surface area contributed by atoms with Gasteiger partial charge in [0.1, 0.15) is 11.5 Å². The maximum atomic E-state index is 11.3. The molecule has 0 atom stereocenters. The first-order valence-corrected chi connectivity index (χ1v) is 11.6. The molecule has 7 nitrogen and oxygen atoms in total. The van der Waals surface area contributed by atoms with Gasteiger partial charge in [0.25, 0.3) is 0 Å². The number of carbonyl (C=O) groups is 2. The Balaban J connectivity index is 1.77. The van der Waals surface area contributed by atoms with Gasteiger partial charge in [0.05, 0.1) is 11.1 Å². The molecule has 0 aromatic heterocycles. The number of nitrogens with zero attached hydrogens (tertiary/aromatic N) is 2. The number of aryl methyl sites for hydroxylation is 2. The van der Waals surface area contributed by atoms with Crippen molar-refractivity contribution in [3.63, 3.8) is 0 Å². The van der Waals surface area contributed by atoms with E-state index in [9.17, 15) is 19.8 Å². The van der Waals surface area contributed by atoms with Crippen molar-refractivity contribution in [3.05, 3.63) is 57.6 Å². The van der Waals surface area contributed by atoms with E-state index in [-0.39, 0.29) is 11.5 Å². The maximum absolute atomic E-state index is 11.3. The number of benzene rings is 2. The smallest absolute Gasteiger partial charge is 0.153 e. The van der Waals surface area contributed by atoms with Gasteiger partial charge in [0, 0.05) is 37.3 Å². The number of nitrogens with one attached hydrogen (secondary N) is 1. The summed E-state index contributed by atoms with van der Waals surface area (Å²) < 4.78 is 0. The molecule has 1 aliphatic heterocycles. The topological polar surface area (TPSA) is 93.1 Å². The van der Waals surface area contributed by atoms with Crippen molar-refractivity contribution >= 4 is 12.6 Å². The summed E-state index contributed by atoms with van der Waals surface area (Å²) in [6, 6.07) is 7.28. The summed E-state index contributed by atoms with van der Waals surface area (Å²) in [5.74, 6) is 0.122. The Labute approximate surface area is 196 Å². The molecule has 0 saturated carbocycles. The van der Waals surface area contributed by atoms with E-state index in [0.29, 0.717) is 36.8 Å². The highest BCUT2D eigenvalue weighted by atomic mass is 16.3. The normalized spacial score (nSPS) is 16.8. The van der Waals surface area contributed by atoms with Gasteiger partial charge in [0.2, 0.25) is 0 Å². The van der Waals surface area contributed by atoms with E-state index in [0.717, 1.165) is 74.4 Å². The van der Waals surface area contributed by atoms with Crippen molar-refractivity contribution in [2.45, 2.75) is 39.8 Å². The second-order valence-corrected chi connectivity index (χ2v) is 8.97. The molecule has 2 aromatic rings. The lowest BCUT2D eigenvalue weighted by Gasteiger charge is -2.28. The van der Waals surface area contributed by atoms with Gasteiger partial charge in [-0.2, -0.15) is 0 Å². The van der Waals surface area contributed by atoms with Crippen LogP contribution >= 0.6 is 0 Å². The molecule has 1 aliphatic rings. The summed E-state index contributed by atoms with van der Waals surface area (Å²) >= 11 is 0. The molecule has 0 aliphatic carbocycles. The fourth-order valence-corrected chi connectivity index (χ4v) is 4.47. The van der Waals surface area contributed by atoms with E-state index in [1.54, 1.807) is 12.1 Å². The Kier molecular flexibility index (Phi) is 9.00. The molecule has 1 fully saturated rings. The Morgan fingerprint density at radius 2 is 1.18 bits per heavy atom. The van der Waals surface area contributed by atoms with Crippen LogP contribution in [0.1, 0.15) is 55.8 Å². The predicted molar refractivity (Wildman–Crippen MR) is 129 cm³/mol. The molecule has 3 N–H and O–H groups in total. The molecular weight excluding hydrogens is 418 g/mol. The second kappa shape index (κ2) is 11.9. The molecule has 2 aromatic carbocycles.